The van der Waals surface area contributed by atoms with Crippen LogP contribution in [0.3, 0.4) is 0 Å². The Morgan fingerprint density at radius 1 is 1.42 bits per heavy atom. The summed E-state index contributed by atoms with van der Waals surface area (Å²) in [6.07, 6.45) is -1.68. The minimum atomic E-state index is -5.32. The summed E-state index contributed by atoms with van der Waals surface area (Å²) in [5.41, 5.74) is -5.32. The number of aliphatic hydroxyl groups is 1. The Morgan fingerprint density at radius 2 is 1.83 bits per heavy atom. The van der Waals surface area contributed by atoms with Crippen molar-refractivity contribution in [2.75, 3.05) is 11.6 Å². The van der Waals surface area contributed by atoms with Crippen LogP contribution in [-0.2, 0) is 9.84 Å². The van der Waals surface area contributed by atoms with Gasteiger partial charge in [0.05, 0.1) is 11.9 Å². The van der Waals surface area contributed by atoms with Gasteiger partial charge in [0.2, 0.25) is 9.84 Å². The average Bonchev–Trinajstić information content (AvgIpc) is 1.84. The molecule has 0 aromatic heterocycles. The van der Waals surface area contributed by atoms with Crippen LogP contribution >= 0.6 is 11.6 Å². The quantitative estimate of drug-likeness (QED) is 0.714. The van der Waals surface area contributed by atoms with Crippen molar-refractivity contribution >= 4 is 21.4 Å². The molecule has 1 N–H and O–H groups in total. The Balaban J connectivity index is 4.46. The maximum Gasteiger partial charge on any atom is 0.497 e. The van der Waals surface area contributed by atoms with Crippen molar-refractivity contribution in [3.8, 4) is 0 Å². The third-order valence-electron chi connectivity index (χ3n) is 0.943. The standard InChI is InChI=1S/C4H6ClF3O3S/c5-1-3(9)2-12(10,11)4(6,7)8/h3,9H,1-2H2. The number of sulfone groups is 1. The smallest absolute Gasteiger partial charge is 0.391 e. The number of rotatable bonds is 3. The lowest BCUT2D eigenvalue weighted by molar-refractivity contribution is -0.0442. The summed E-state index contributed by atoms with van der Waals surface area (Å²) in [5, 5.41) is 8.55. The molecule has 0 aliphatic heterocycles. The molecule has 1 atom stereocenters. The molecule has 0 saturated heterocycles. The summed E-state index contributed by atoms with van der Waals surface area (Å²) in [5.74, 6) is -1.94. The highest BCUT2D eigenvalue weighted by molar-refractivity contribution is 7.92. The van der Waals surface area contributed by atoms with Crippen molar-refractivity contribution < 1.29 is 26.7 Å². The third kappa shape index (κ3) is 3.16. The summed E-state index contributed by atoms with van der Waals surface area (Å²) in [6.45, 7) is 0. The summed E-state index contributed by atoms with van der Waals surface area (Å²) in [4.78, 5) is 0. The predicted octanol–water partition coefficient (Wildman–Crippen LogP) is 0.521. The van der Waals surface area contributed by atoms with Gasteiger partial charge in [-0.1, -0.05) is 0 Å². The molecule has 0 aromatic rings. The first kappa shape index (κ1) is 12.0. The van der Waals surface area contributed by atoms with Gasteiger partial charge in [0.1, 0.15) is 0 Å². The summed E-state index contributed by atoms with van der Waals surface area (Å²) < 4.78 is 55.3. The summed E-state index contributed by atoms with van der Waals surface area (Å²) >= 11 is 4.93. The number of halogens is 4. The maximum absolute atomic E-state index is 11.6. The van der Waals surface area contributed by atoms with E-state index in [2.05, 4.69) is 0 Å². The van der Waals surface area contributed by atoms with E-state index in [-0.39, 0.29) is 0 Å². The fourth-order valence-electron chi connectivity index (χ4n) is 0.392. The van der Waals surface area contributed by atoms with E-state index in [0.29, 0.717) is 0 Å². The van der Waals surface area contributed by atoms with E-state index in [4.69, 9.17) is 16.7 Å². The van der Waals surface area contributed by atoms with Crippen LogP contribution in [0.2, 0.25) is 0 Å². The molecule has 0 radical (unpaired) electrons. The van der Waals surface area contributed by atoms with E-state index < -0.39 is 33.1 Å². The third-order valence-corrected chi connectivity index (χ3v) is 2.83. The highest BCUT2D eigenvalue weighted by Gasteiger charge is 2.46. The van der Waals surface area contributed by atoms with Crippen LogP contribution in [0.5, 0.6) is 0 Å². The van der Waals surface area contributed by atoms with Crippen LogP contribution in [0, 0.1) is 0 Å². The predicted molar refractivity (Wildman–Crippen MR) is 36.6 cm³/mol. The lowest BCUT2D eigenvalue weighted by Crippen LogP contribution is -2.32. The maximum atomic E-state index is 11.6. The fraction of sp³-hybridized carbons (Fsp3) is 1.00. The fourth-order valence-corrected chi connectivity index (χ4v) is 1.44. The second-order valence-electron chi connectivity index (χ2n) is 2.04. The van der Waals surface area contributed by atoms with Crippen LogP contribution in [-0.4, -0.2) is 36.8 Å². The van der Waals surface area contributed by atoms with Gasteiger partial charge < -0.3 is 5.11 Å². The molecule has 0 aliphatic carbocycles. The van der Waals surface area contributed by atoms with Crippen LogP contribution in [0.15, 0.2) is 0 Å². The van der Waals surface area contributed by atoms with Gasteiger partial charge in [0, 0.05) is 5.88 Å². The lowest BCUT2D eigenvalue weighted by Gasteiger charge is -2.10. The number of aliphatic hydroxyl groups excluding tert-OH is 1. The molecular weight excluding hydrogens is 221 g/mol. The molecule has 0 spiro atoms. The Kier molecular flexibility index (Phi) is 3.80. The molecule has 74 valence electrons. The van der Waals surface area contributed by atoms with Crippen molar-refractivity contribution in [3.05, 3.63) is 0 Å². The highest BCUT2D eigenvalue weighted by atomic mass is 35.5. The van der Waals surface area contributed by atoms with Crippen molar-refractivity contribution in [3.63, 3.8) is 0 Å². The molecule has 0 rings (SSSR count). The minimum absolute atomic E-state index is 0.546. The molecule has 0 bridgehead atoms. The Labute approximate surface area is 72.1 Å². The Hall–Kier alpha value is -0.0100. The van der Waals surface area contributed by atoms with Crippen molar-refractivity contribution in [2.45, 2.75) is 11.6 Å². The topological polar surface area (TPSA) is 54.4 Å². The van der Waals surface area contributed by atoms with Crippen molar-refractivity contribution in [1.82, 2.24) is 0 Å². The highest BCUT2D eigenvalue weighted by Crippen LogP contribution is 2.24. The zero-order chi connectivity index (χ0) is 9.99. The number of hydrogen-bond acceptors (Lipinski definition) is 3. The Bertz CT molecular complexity index is 234. The number of hydrogen-bond donors (Lipinski definition) is 1. The molecule has 1 unspecified atom stereocenters. The summed E-state index contributed by atoms with van der Waals surface area (Å²) in [7, 11) is -5.24. The van der Waals surface area contributed by atoms with Gasteiger partial charge in [0.15, 0.2) is 0 Å². The van der Waals surface area contributed by atoms with Crippen LogP contribution in [0.25, 0.3) is 0 Å². The zero-order valence-electron chi connectivity index (χ0n) is 5.68. The molecule has 0 aromatic carbocycles. The molecule has 8 heteroatoms. The van der Waals surface area contributed by atoms with Crippen LogP contribution in [0.4, 0.5) is 13.2 Å². The average molecular weight is 227 g/mol. The van der Waals surface area contributed by atoms with Gasteiger partial charge in [-0.05, 0) is 0 Å². The minimum Gasteiger partial charge on any atom is -0.391 e. The first-order valence-electron chi connectivity index (χ1n) is 2.74. The zero-order valence-corrected chi connectivity index (χ0v) is 7.25. The van der Waals surface area contributed by atoms with Crippen molar-refractivity contribution in [1.29, 1.82) is 0 Å². The lowest BCUT2D eigenvalue weighted by atomic mass is 10.5. The molecular formula is C4H6ClF3O3S. The van der Waals surface area contributed by atoms with Gasteiger partial charge in [-0.15, -0.1) is 11.6 Å². The van der Waals surface area contributed by atoms with Crippen LogP contribution < -0.4 is 0 Å². The second-order valence-corrected chi connectivity index (χ2v) is 4.37. The van der Waals surface area contributed by atoms with Gasteiger partial charge in [-0.25, -0.2) is 8.42 Å². The second kappa shape index (κ2) is 3.80. The van der Waals surface area contributed by atoms with E-state index in [0.717, 1.165) is 0 Å². The normalized spacial score (nSPS) is 16.1. The summed E-state index contributed by atoms with van der Waals surface area (Å²) in [6, 6.07) is 0. The molecule has 12 heavy (non-hydrogen) atoms. The Morgan fingerprint density at radius 3 is 2.08 bits per heavy atom. The molecule has 0 fully saturated rings. The van der Waals surface area contributed by atoms with Gasteiger partial charge in [0.25, 0.3) is 0 Å². The SMILES string of the molecule is O=S(=O)(CC(O)CCl)C(F)(F)F. The van der Waals surface area contributed by atoms with E-state index in [1.54, 1.807) is 0 Å². The van der Waals surface area contributed by atoms with Crippen LogP contribution in [0.1, 0.15) is 0 Å². The largest absolute Gasteiger partial charge is 0.497 e. The molecule has 0 amide bonds. The molecule has 0 heterocycles. The van der Waals surface area contributed by atoms with E-state index in [1.807, 2.05) is 0 Å². The first-order chi connectivity index (χ1) is 5.20. The monoisotopic (exact) mass is 226 g/mol. The van der Waals surface area contributed by atoms with Crippen molar-refractivity contribution in [2.24, 2.45) is 0 Å². The van der Waals surface area contributed by atoms with Gasteiger partial charge >= 0.3 is 5.51 Å². The van der Waals surface area contributed by atoms with E-state index in [9.17, 15) is 21.6 Å². The number of alkyl halides is 4. The van der Waals surface area contributed by atoms with E-state index >= 15 is 0 Å². The molecule has 3 nitrogen and oxygen atoms in total. The molecule has 0 aliphatic rings. The van der Waals surface area contributed by atoms with Gasteiger partial charge in [-0.2, -0.15) is 13.2 Å². The van der Waals surface area contributed by atoms with Gasteiger partial charge in [-0.3, -0.25) is 0 Å². The first-order valence-corrected chi connectivity index (χ1v) is 4.92. The molecule has 0 saturated carbocycles. The van der Waals surface area contributed by atoms with E-state index in [1.165, 1.54) is 0 Å².